The first-order chi connectivity index (χ1) is 10.4. The summed E-state index contributed by atoms with van der Waals surface area (Å²) in [5.74, 6) is -1.81. The Kier molecular flexibility index (Phi) is 6.26. The largest absolute Gasteiger partial charge is 0.494 e. The Labute approximate surface area is 126 Å². The predicted molar refractivity (Wildman–Crippen MR) is 77.6 cm³/mol. The highest BCUT2D eigenvalue weighted by atomic mass is 16.6. The lowest BCUT2D eigenvalue weighted by Crippen LogP contribution is -2.43. The average Bonchev–Trinajstić information content (AvgIpc) is 2.52. The van der Waals surface area contributed by atoms with Crippen LogP contribution in [-0.4, -0.2) is 41.6 Å². The third kappa shape index (κ3) is 4.42. The molecule has 9 heteroatoms. The van der Waals surface area contributed by atoms with Crippen LogP contribution in [0.1, 0.15) is 13.3 Å². The number of non-ortho nitro benzene ring substituents is 1. The van der Waals surface area contributed by atoms with Crippen molar-refractivity contribution in [2.24, 2.45) is 0 Å². The van der Waals surface area contributed by atoms with Crippen molar-refractivity contribution in [3.8, 4) is 5.75 Å². The van der Waals surface area contributed by atoms with E-state index in [-0.39, 0.29) is 23.7 Å². The van der Waals surface area contributed by atoms with Crippen LogP contribution in [-0.2, 0) is 9.59 Å². The Balaban J connectivity index is 2.83. The lowest BCUT2D eigenvalue weighted by Gasteiger charge is -2.14. The number of nitro groups is 1. The summed E-state index contributed by atoms with van der Waals surface area (Å²) in [6.07, 6.45) is 0.469. The van der Waals surface area contributed by atoms with Gasteiger partial charge in [0.15, 0.2) is 0 Å². The highest BCUT2D eigenvalue weighted by molar-refractivity contribution is 6.39. The molecule has 1 aromatic carbocycles. The van der Waals surface area contributed by atoms with Gasteiger partial charge in [-0.05, 0) is 12.5 Å². The van der Waals surface area contributed by atoms with Crippen LogP contribution < -0.4 is 15.4 Å². The molecule has 0 heterocycles. The second-order valence-electron chi connectivity index (χ2n) is 4.36. The Morgan fingerprint density at radius 1 is 1.41 bits per heavy atom. The minimum Gasteiger partial charge on any atom is -0.494 e. The van der Waals surface area contributed by atoms with Crippen molar-refractivity contribution in [3.05, 3.63) is 28.3 Å². The number of amides is 2. The van der Waals surface area contributed by atoms with Crippen LogP contribution >= 0.6 is 0 Å². The molecule has 0 aliphatic rings. The van der Waals surface area contributed by atoms with Crippen LogP contribution in [0.5, 0.6) is 5.75 Å². The molecule has 0 spiro atoms. The number of aliphatic hydroxyl groups is 1. The van der Waals surface area contributed by atoms with Gasteiger partial charge in [0.2, 0.25) is 0 Å². The maximum absolute atomic E-state index is 11.8. The highest BCUT2D eigenvalue weighted by Crippen LogP contribution is 2.28. The second-order valence-corrected chi connectivity index (χ2v) is 4.36. The molecule has 120 valence electrons. The van der Waals surface area contributed by atoms with Crippen LogP contribution in [0.2, 0.25) is 0 Å². The number of nitro benzene ring substituents is 1. The number of carbonyl (C=O) groups is 2. The molecule has 0 aromatic heterocycles. The lowest BCUT2D eigenvalue weighted by molar-refractivity contribution is -0.384. The molecular formula is C13H17N3O6. The Morgan fingerprint density at radius 3 is 2.59 bits per heavy atom. The van der Waals surface area contributed by atoms with Gasteiger partial charge in [-0.3, -0.25) is 19.7 Å². The number of benzene rings is 1. The number of aliphatic hydroxyl groups excluding tert-OH is 1. The van der Waals surface area contributed by atoms with E-state index in [1.165, 1.54) is 19.2 Å². The van der Waals surface area contributed by atoms with E-state index in [0.29, 0.717) is 6.42 Å². The summed E-state index contributed by atoms with van der Waals surface area (Å²) in [5.41, 5.74) is -0.0732. The van der Waals surface area contributed by atoms with E-state index in [1.54, 1.807) is 6.92 Å². The molecule has 1 aromatic rings. The lowest BCUT2D eigenvalue weighted by atomic mass is 10.2. The van der Waals surface area contributed by atoms with Gasteiger partial charge in [0, 0.05) is 6.07 Å². The molecule has 2 amide bonds. The topological polar surface area (TPSA) is 131 Å². The molecule has 0 radical (unpaired) electrons. The molecule has 0 bridgehead atoms. The zero-order valence-electron chi connectivity index (χ0n) is 12.2. The van der Waals surface area contributed by atoms with Crippen LogP contribution in [0.4, 0.5) is 11.4 Å². The van der Waals surface area contributed by atoms with E-state index in [1.807, 2.05) is 0 Å². The number of rotatable bonds is 6. The summed E-state index contributed by atoms with van der Waals surface area (Å²) >= 11 is 0. The van der Waals surface area contributed by atoms with Gasteiger partial charge in [0.25, 0.3) is 5.69 Å². The summed E-state index contributed by atoms with van der Waals surface area (Å²) in [6.45, 7) is 1.47. The Hall–Kier alpha value is -2.68. The third-order valence-corrected chi connectivity index (χ3v) is 2.90. The molecular weight excluding hydrogens is 294 g/mol. The van der Waals surface area contributed by atoms with Crippen molar-refractivity contribution < 1.29 is 24.4 Å². The van der Waals surface area contributed by atoms with Crippen molar-refractivity contribution in [3.63, 3.8) is 0 Å². The predicted octanol–water partition coefficient (Wildman–Crippen LogP) is 0.429. The van der Waals surface area contributed by atoms with E-state index in [9.17, 15) is 19.7 Å². The normalized spacial score (nSPS) is 11.4. The van der Waals surface area contributed by atoms with Crippen molar-refractivity contribution in [1.29, 1.82) is 0 Å². The molecule has 0 saturated carbocycles. The maximum Gasteiger partial charge on any atom is 0.313 e. The first-order valence-corrected chi connectivity index (χ1v) is 6.48. The number of methoxy groups -OCH3 is 1. The van der Waals surface area contributed by atoms with E-state index in [4.69, 9.17) is 9.84 Å². The quantitative estimate of drug-likeness (QED) is 0.396. The molecule has 1 unspecified atom stereocenters. The average molecular weight is 311 g/mol. The summed E-state index contributed by atoms with van der Waals surface area (Å²) in [7, 11) is 1.29. The van der Waals surface area contributed by atoms with E-state index in [2.05, 4.69) is 10.6 Å². The van der Waals surface area contributed by atoms with E-state index >= 15 is 0 Å². The van der Waals surface area contributed by atoms with Gasteiger partial charge >= 0.3 is 11.8 Å². The van der Waals surface area contributed by atoms with Crippen molar-refractivity contribution in [1.82, 2.24) is 5.32 Å². The monoisotopic (exact) mass is 311 g/mol. The SMILES string of the molecule is CCC(CO)NC(=O)C(=O)Nc1ccc([N+](=O)[O-])cc1OC. The van der Waals surface area contributed by atoms with Gasteiger partial charge in [-0.15, -0.1) is 0 Å². The number of nitrogens with one attached hydrogen (secondary N) is 2. The fourth-order valence-corrected chi connectivity index (χ4v) is 1.60. The van der Waals surface area contributed by atoms with E-state index < -0.39 is 22.8 Å². The molecule has 22 heavy (non-hydrogen) atoms. The summed E-state index contributed by atoms with van der Waals surface area (Å²) in [6, 6.07) is 3.07. The fraction of sp³-hybridized carbons (Fsp3) is 0.385. The van der Waals surface area contributed by atoms with Crippen LogP contribution in [0, 0.1) is 10.1 Å². The molecule has 9 nitrogen and oxygen atoms in total. The Morgan fingerprint density at radius 2 is 2.09 bits per heavy atom. The minimum absolute atomic E-state index is 0.0598. The van der Waals surface area contributed by atoms with Crippen LogP contribution in [0.15, 0.2) is 18.2 Å². The number of hydrogen-bond acceptors (Lipinski definition) is 6. The first-order valence-electron chi connectivity index (χ1n) is 6.48. The van der Waals surface area contributed by atoms with Gasteiger partial charge in [-0.25, -0.2) is 0 Å². The molecule has 3 N–H and O–H groups in total. The van der Waals surface area contributed by atoms with E-state index in [0.717, 1.165) is 6.07 Å². The summed E-state index contributed by atoms with van der Waals surface area (Å²) in [4.78, 5) is 33.5. The zero-order valence-corrected chi connectivity index (χ0v) is 12.2. The number of ether oxygens (including phenoxy) is 1. The smallest absolute Gasteiger partial charge is 0.313 e. The standard InChI is InChI=1S/C13H17N3O6/c1-3-8(7-17)14-12(18)13(19)15-10-5-4-9(16(20)21)6-11(10)22-2/h4-6,8,17H,3,7H2,1-2H3,(H,14,18)(H,15,19). The molecule has 0 saturated heterocycles. The molecule has 1 atom stereocenters. The molecule has 0 fully saturated rings. The number of nitrogens with zero attached hydrogens (tertiary/aromatic N) is 1. The summed E-state index contributed by atoms with van der Waals surface area (Å²) < 4.78 is 4.95. The summed E-state index contributed by atoms with van der Waals surface area (Å²) in [5, 5.41) is 24.3. The third-order valence-electron chi connectivity index (χ3n) is 2.90. The van der Waals surface area contributed by atoms with Gasteiger partial charge in [0.1, 0.15) is 5.75 Å². The molecule has 0 aliphatic heterocycles. The number of anilines is 1. The minimum atomic E-state index is -0.959. The van der Waals surface area contributed by atoms with Crippen molar-refractivity contribution in [2.45, 2.75) is 19.4 Å². The van der Waals surface area contributed by atoms with Crippen molar-refractivity contribution >= 4 is 23.2 Å². The van der Waals surface area contributed by atoms with Crippen LogP contribution in [0.25, 0.3) is 0 Å². The zero-order chi connectivity index (χ0) is 16.7. The second kappa shape index (κ2) is 7.93. The fourth-order valence-electron chi connectivity index (χ4n) is 1.60. The van der Waals surface area contributed by atoms with Gasteiger partial charge in [0.05, 0.1) is 36.4 Å². The van der Waals surface area contributed by atoms with Gasteiger partial charge in [-0.2, -0.15) is 0 Å². The van der Waals surface area contributed by atoms with Crippen LogP contribution in [0.3, 0.4) is 0 Å². The van der Waals surface area contributed by atoms with Crippen molar-refractivity contribution in [2.75, 3.05) is 19.0 Å². The van der Waals surface area contributed by atoms with Gasteiger partial charge in [-0.1, -0.05) is 6.92 Å². The maximum atomic E-state index is 11.8. The first kappa shape index (κ1) is 17.4. The highest BCUT2D eigenvalue weighted by Gasteiger charge is 2.20. The number of carbonyl (C=O) groups excluding carboxylic acids is 2. The Bertz CT molecular complexity index is 571. The van der Waals surface area contributed by atoms with Gasteiger partial charge < -0.3 is 20.5 Å². The molecule has 1 rings (SSSR count). The number of hydrogen-bond donors (Lipinski definition) is 3. The molecule has 0 aliphatic carbocycles.